The third-order valence-corrected chi connectivity index (χ3v) is 5.46. The average molecular weight is 463 g/mol. The number of aromatic nitrogens is 2. The van der Waals surface area contributed by atoms with Gasteiger partial charge in [0.2, 0.25) is 5.79 Å². The van der Waals surface area contributed by atoms with E-state index >= 15 is 0 Å². The fourth-order valence-electron chi connectivity index (χ4n) is 3.45. The lowest BCUT2D eigenvalue weighted by atomic mass is 10.1. The van der Waals surface area contributed by atoms with Crippen molar-refractivity contribution in [1.82, 2.24) is 9.55 Å². The van der Waals surface area contributed by atoms with Gasteiger partial charge in [0.1, 0.15) is 18.5 Å². The molecule has 0 radical (unpaired) electrons. The van der Waals surface area contributed by atoms with Crippen LogP contribution in [-0.4, -0.2) is 42.0 Å². The third kappa shape index (κ3) is 5.31. The van der Waals surface area contributed by atoms with Crippen molar-refractivity contribution in [3.05, 3.63) is 76.8 Å². The molecule has 2 aromatic carbocycles. The van der Waals surface area contributed by atoms with Gasteiger partial charge in [-0.05, 0) is 36.4 Å². The van der Waals surface area contributed by atoms with Crippen LogP contribution < -0.4 is 15.8 Å². The van der Waals surface area contributed by atoms with E-state index in [2.05, 4.69) is 10.3 Å². The van der Waals surface area contributed by atoms with Gasteiger partial charge in [0.15, 0.2) is 0 Å². The molecule has 2 heterocycles. The number of halogens is 2. The van der Waals surface area contributed by atoms with Crippen molar-refractivity contribution in [3.63, 3.8) is 0 Å². The summed E-state index contributed by atoms with van der Waals surface area (Å²) >= 11 is 12.6. The smallest absolute Gasteiger partial charge is 0.215 e. The Bertz CT molecular complexity index is 985. The summed E-state index contributed by atoms with van der Waals surface area (Å²) in [6.45, 7) is 2.40. The van der Waals surface area contributed by atoms with Gasteiger partial charge in [0.05, 0.1) is 24.5 Å². The zero-order valence-electron chi connectivity index (χ0n) is 16.8. The summed E-state index contributed by atoms with van der Waals surface area (Å²) in [7, 11) is 0. The molecule has 1 aromatic heterocycles. The van der Waals surface area contributed by atoms with Gasteiger partial charge in [0, 0.05) is 41.8 Å². The predicted octanol–water partition coefficient (Wildman–Crippen LogP) is 3.91. The highest BCUT2D eigenvalue weighted by atomic mass is 35.5. The fraction of sp³-hybridized carbons (Fsp3) is 0.318. The molecule has 0 saturated carbocycles. The lowest BCUT2D eigenvalue weighted by Gasteiger charge is -2.30. The second-order valence-corrected chi connectivity index (χ2v) is 8.06. The number of nitrogens with one attached hydrogen (secondary N) is 1. The van der Waals surface area contributed by atoms with E-state index in [4.69, 9.17) is 43.1 Å². The molecule has 0 unspecified atom stereocenters. The highest BCUT2D eigenvalue weighted by Crippen LogP contribution is 2.40. The van der Waals surface area contributed by atoms with Crippen LogP contribution >= 0.6 is 23.2 Å². The zero-order valence-corrected chi connectivity index (χ0v) is 18.4. The second kappa shape index (κ2) is 9.89. The van der Waals surface area contributed by atoms with Crippen LogP contribution in [0, 0.1) is 0 Å². The lowest BCUT2D eigenvalue weighted by molar-refractivity contribution is -0.189. The van der Waals surface area contributed by atoms with Gasteiger partial charge in [-0.2, -0.15) is 0 Å². The van der Waals surface area contributed by atoms with Gasteiger partial charge in [-0.1, -0.05) is 29.3 Å². The molecule has 9 heteroatoms. The summed E-state index contributed by atoms with van der Waals surface area (Å²) in [6.07, 6.45) is 4.99. The van der Waals surface area contributed by atoms with Gasteiger partial charge in [-0.15, -0.1) is 0 Å². The first-order valence-electron chi connectivity index (χ1n) is 9.98. The molecule has 0 bridgehead atoms. The Morgan fingerprint density at radius 2 is 2.06 bits per heavy atom. The number of imidazole rings is 1. The van der Waals surface area contributed by atoms with Crippen molar-refractivity contribution >= 4 is 28.9 Å². The molecule has 1 aliphatic rings. The van der Waals surface area contributed by atoms with E-state index in [9.17, 15) is 0 Å². The van der Waals surface area contributed by atoms with E-state index in [0.717, 1.165) is 18.0 Å². The maximum absolute atomic E-state index is 6.50. The first-order valence-corrected chi connectivity index (χ1v) is 10.7. The van der Waals surface area contributed by atoms with Crippen LogP contribution in [0.3, 0.4) is 0 Å². The first kappa shape index (κ1) is 21.9. The zero-order chi connectivity index (χ0) is 21.7. The Balaban J connectivity index is 1.45. The number of hydrogen-bond acceptors (Lipinski definition) is 6. The first-order chi connectivity index (χ1) is 15.1. The van der Waals surface area contributed by atoms with Gasteiger partial charge >= 0.3 is 0 Å². The van der Waals surface area contributed by atoms with E-state index in [1.54, 1.807) is 24.7 Å². The quantitative estimate of drug-likeness (QED) is 0.501. The number of nitrogens with zero attached hydrogens (tertiary/aromatic N) is 2. The Kier molecular flexibility index (Phi) is 6.99. The summed E-state index contributed by atoms with van der Waals surface area (Å²) in [6, 6.07) is 13.0. The number of hydrogen-bond donors (Lipinski definition) is 2. The van der Waals surface area contributed by atoms with Crippen molar-refractivity contribution in [1.29, 1.82) is 0 Å². The molecule has 3 N–H and O–H groups in total. The maximum atomic E-state index is 6.50. The molecule has 4 rings (SSSR count). The summed E-state index contributed by atoms with van der Waals surface area (Å²) in [4.78, 5) is 4.11. The molecule has 0 spiro atoms. The number of anilines is 1. The normalized spacial score (nSPS) is 20.7. The Morgan fingerprint density at radius 1 is 1.23 bits per heavy atom. The second-order valence-electron chi connectivity index (χ2n) is 7.21. The van der Waals surface area contributed by atoms with Crippen molar-refractivity contribution in [2.45, 2.75) is 18.4 Å². The van der Waals surface area contributed by atoms with Crippen molar-refractivity contribution in [3.8, 4) is 5.75 Å². The Labute approximate surface area is 191 Å². The summed E-state index contributed by atoms with van der Waals surface area (Å²) in [5, 5.41) is 4.25. The van der Waals surface area contributed by atoms with Crippen LogP contribution in [0.15, 0.2) is 61.2 Å². The molecule has 1 aliphatic heterocycles. The van der Waals surface area contributed by atoms with Crippen LogP contribution in [0.25, 0.3) is 0 Å². The summed E-state index contributed by atoms with van der Waals surface area (Å²) < 4.78 is 20.4. The molecule has 31 heavy (non-hydrogen) atoms. The molecule has 1 saturated heterocycles. The molecule has 0 amide bonds. The largest absolute Gasteiger partial charge is 0.491 e. The number of benzene rings is 2. The lowest BCUT2D eigenvalue weighted by Crippen LogP contribution is -2.34. The van der Waals surface area contributed by atoms with E-state index in [-0.39, 0.29) is 6.10 Å². The van der Waals surface area contributed by atoms with Crippen molar-refractivity contribution in [2.24, 2.45) is 5.73 Å². The van der Waals surface area contributed by atoms with E-state index in [1.165, 1.54) is 0 Å². The van der Waals surface area contributed by atoms with Crippen LogP contribution in [0.4, 0.5) is 5.69 Å². The van der Waals surface area contributed by atoms with Crippen LogP contribution in [0.5, 0.6) is 5.75 Å². The minimum Gasteiger partial charge on any atom is -0.491 e. The highest BCUT2D eigenvalue weighted by molar-refractivity contribution is 6.35. The molecule has 7 nitrogen and oxygen atoms in total. The third-order valence-electron chi connectivity index (χ3n) is 4.91. The van der Waals surface area contributed by atoms with E-state index in [1.807, 2.05) is 41.1 Å². The fourth-order valence-corrected chi connectivity index (χ4v) is 4.00. The monoisotopic (exact) mass is 462 g/mol. The predicted molar refractivity (Wildman–Crippen MR) is 121 cm³/mol. The van der Waals surface area contributed by atoms with Crippen molar-refractivity contribution < 1.29 is 14.2 Å². The molecular weight excluding hydrogens is 439 g/mol. The minimum atomic E-state index is -1.06. The van der Waals surface area contributed by atoms with Gasteiger partial charge in [-0.25, -0.2) is 4.98 Å². The van der Waals surface area contributed by atoms with Gasteiger partial charge in [-0.3, -0.25) is 0 Å². The molecule has 3 aromatic rings. The van der Waals surface area contributed by atoms with Crippen LogP contribution in [0.1, 0.15) is 5.56 Å². The standard InChI is InChI=1S/C22H24Cl2N4O3/c23-16-1-6-20(21(24)11-16)22(14-28-10-9-26-15-28)30-13-19(31-22)12-29-18-4-2-17(3-5-18)27-8-7-25/h1-6,9-11,15,19,27H,7-8,12-14,25H2/t19-,22-/m1/s1. The highest BCUT2D eigenvalue weighted by Gasteiger charge is 2.45. The topological polar surface area (TPSA) is 83.6 Å². The molecule has 1 fully saturated rings. The Hall–Kier alpha value is -2.29. The molecular formula is C22H24Cl2N4O3. The molecule has 164 valence electrons. The number of ether oxygens (including phenoxy) is 3. The van der Waals surface area contributed by atoms with Gasteiger partial charge < -0.3 is 29.8 Å². The average Bonchev–Trinajstić information content (AvgIpc) is 3.42. The van der Waals surface area contributed by atoms with Crippen molar-refractivity contribution in [2.75, 3.05) is 31.6 Å². The number of rotatable bonds is 9. The molecule has 2 atom stereocenters. The number of nitrogens with two attached hydrogens (primary N) is 1. The summed E-state index contributed by atoms with van der Waals surface area (Å²) in [5.41, 5.74) is 7.22. The SMILES string of the molecule is NCCNc1ccc(OC[C@@H]2CO[C@@](Cn3ccnc3)(c3ccc(Cl)cc3Cl)O2)cc1. The van der Waals surface area contributed by atoms with E-state index in [0.29, 0.717) is 41.9 Å². The van der Waals surface area contributed by atoms with E-state index < -0.39 is 5.79 Å². The Morgan fingerprint density at radius 3 is 2.77 bits per heavy atom. The van der Waals surface area contributed by atoms with Crippen LogP contribution in [0.2, 0.25) is 10.0 Å². The maximum Gasteiger partial charge on any atom is 0.215 e. The van der Waals surface area contributed by atoms with Gasteiger partial charge in [0.25, 0.3) is 0 Å². The molecule has 0 aliphatic carbocycles. The minimum absolute atomic E-state index is 0.273. The summed E-state index contributed by atoms with van der Waals surface area (Å²) in [5.74, 6) is -0.314. The van der Waals surface area contributed by atoms with Crippen LogP contribution in [-0.2, 0) is 21.8 Å².